The number of methoxy groups -OCH3 is 1. The first kappa shape index (κ1) is 22.2. The number of hydrogen-bond acceptors (Lipinski definition) is 5. The Morgan fingerprint density at radius 2 is 1.97 bits per heavy atom. The average molecular weight is 400 g/mol. The van der Waals surface area contributed by atoms with E-state index in [1.54, 1.807) is 21.0 Å². The van der Waals surface area contributed by atoms with Crippen molar-refractivity contribution in [1.29, 1.82) is 5.26 Å². The fourth-order valence-corrected chi connectivity index (χ4v) is 3.02. The minimum Gasteiger partial charge on any atom is -0.497 e. The molecule has 8 nitrogen and oxygen atoms in total. The molecule has 1 fully saturated rings. The normalized spacial score (nSPS) is 20.8. The van der Waals surface area contributed by atoms with Crippen LogP contribution in [-0.4, -0.2) is 47.5 Å². The average Bonchev–Trinajstić information content (AvgIpc) is 2.90. The molecule has 156 valence electrons. The van der Waals surface area contributed by atoms with Gasteiger partial charge in [-0.15, -0.1) is 0 Å². The van der Waals surface area contributed by atoms with Crippen molar-refractivity contribution in [2.75, 3.05) is 13.7 Å². The molecule has 0 aromatic heterocycles. The van der Waals surface area contributed by atoms with Crippen LogP contribution in [0.5, 0.6) is 5.75 Å². The van der Waals surface area contributed by atoms with Gasteiger partial charge in [-0.05, 0) is 50.3 Å². The van der Waals surface area contributed by atoms with E-state index in [2.05, 4.69) is 16.7 Å². The Labute approximate surface area is 171 Å². The third kappa shape index (κ3) is 4.86. The Balaban J connectivity index is 2.02. The Morgan fingerprint density at radius 1 is 1.34 bits per heavy atom. The number of benzene rings is 1. The van der Waals surface area contributed by atoms with Crippen LogP contribution in [0.15, 0.2) is 24.3 Å². The lowest BCUT2D eigenvalue weighted by molar-refractivity contribution is -0.135. The minimum atomic E-state index is -1.09. The van der Waals surface area contributed by atoms with Crippen molar-refractivity contribution in [1.82, 2.24) is 15.5 Å². The highest BCUT2D eigenvalue weighted by molar-refractivity contribution is 6.08. The van der Waals surface area contributed by atoms with E-state index < -0.39 is 35.5 Å². The number of urea groups is 1. The highest BCUT2D eigenvalue weighted by Gasteiger charge is 2.48. The van der Waals surface area contributed by atoms with E-state index in [0.717, 1.165) is 16.2 Å². The van der Waals surface area contributed by atoms with Crippen molar-refractivity contribution in [3.05, 3.63) is 29.8 Å². The van der Waals surface area contributed by atoms with Crippen LogP contribution in [0.3, 0.4) is 0 Å². The first-order valence-corrected chi connectivity index (χ1v) is 9.54. The van der Waals surface area contributed by atoms with Crippen molar-refractivity contribution < 1.29 is 19.1 Å². The molecule has 0 bridgehead atoms. The van der Waals surface area contributed by atoms with Gasteiger partial charge in [0.15, 0.2) is 0 Å². The predicted octanol–water partition coefficient (Wildman–Crippen LogP) is 1.99. The van der Waals surface area contributed by atoms with Crippen LogP contribution in [-0.2, 0) is 16.0 Å². The Morgan fingerprint density at radius 3 is 2.48 bits per heavy atom. The van der Waals surface area contributed by atoms with Gasteiger partial charge >= 0.3 is 6.03 Å². The number of nitrogens with zero attached hydrogens (tertiary/aromatic N) is 2. The number of rotatable bonds is 8. The molecule has 1 aliphatic heterocycles. The minimum absolute atomic E-state index is 0.130. The van der Waals surface area contributed by atoms with E-state index in [9.17, 15) is 19.6 Å². The van der Waals surface area contributed by atoms with Gasteiger partial charge in [-0.25, -0.2) is 4.79 Å². The number of amides is 4. The zero-order valence-electron chi connectivity index (χ0n) is 17.5. The number of carbonyl (C=O) groups is 3. The molecule has 1 heterocycles. The quantitative estimate of drug-likeness (QED) is 0.648. The van der Waals surface area contributed by atoms with Gasteiger partial charge in [0.1, 0.15) is 23.4 Å². The molecule has 1 aromatic carbocycles. The van der Waals surface area contributed by atoms with Gasteiger partial charge in [0.05, 0.1) is 13.2 Å². The van der Waals surface area contributed by atoms with Crippen LogP contribution in [0.1, 0.15) is 39.7 Å². The van der Waals surface area contributed by atoms with Crippen molar-refractivity contribution in [3.63, 3.8) is 0 Å². The van der Waals surface area contributed by atoms with Crippen molar-refractivity contribution in [2.45, 2.75) is 51.6 Å². The molecule has 0 spiro atoms. The smallest absolute Gasteiger partial charge is 0.325 e. The first-order valence-electron chi connectivity index (χ1n) is 9.54. The number of ether oxygens (including phenoxy) is 1. The summed E-state index contributed by atoms with van der Waals surface area (Å²) in [6.07, 6.45) is 0.969. The molecular formula is C21H28N4O4. The van der Waals surface area contributed by atoms with Crippen LogP contribution in [0.25, 0.3) is 0 Å². The summed E-state index contributed by atoms with van der Waals surface area (Å²) in [5, 5.41) is 14.6. The molecule has 0 saturated carbocycles. The second-order valence-corrected chi connectivity index (χ2v) is 8.02. The topological polar surface area (TPSA) is 112 Å². The summed E-state index contributed by atoms with van der Waals surface area (Å²) in [4.78, 5) is 38.4. The SMILES string of the molecule is COc1ccc(CC[C@]2(C)NC(=O)N(CC(=O)N[C@](C)(C#N)C(C)C)C2=O)cc1. The van der Waals surface area contributed by atoms with Gasteiger partial charge in [0.25, 0.3) is 5.91 Å². The van der Waals surface area contributed by atoms with E-state index >= 15 is 0 Å². The number of hydrogen-bond donors (Lipinski definition) is 2. The third-order valence-electron chi connectivity index (χ3n) is 5.51. The second kappa shape index (κ2) is 8.52. The molecule has 0 radical (unpaired) electrons. The van der Waals surface area contributed by atoms with Crippen molar-refractivity contribution in [3.8, 4) is 11.8 Å². The van der Waals surface area contributed by atoms with Gasteiger partial charge in [0.2, 0.25) is 5.91 Å². The monoisotopic (exact) mass is 400 g/mol. The van der Waals surface area contributed by atoms with E-state index in [-0.39, 0.29) is 5.92 Å². The van der Waals surface area contributed by atoms with Gasteiger partial charge < -0.3 is 15.4 Å². The summed E-state index contributed by atoms with van der Waals surface area (Å²) < 4.78 is 5.13. The Bertz CT molecular complexity index is 830. The summed E-state index contributed by atoms with van der Waals surface area (Å²) in [6, 6.07) is 8.96. The lowest BCUT2D eigenvalue weighted by atomic mass is 9.90. The van der Waals surface area contributed by atoms with E-state index in [0.29, 0.717) is 12.8 Å². The summed E-state index contributed by atoms with van der Waals surface area (Å²) in [7, 11) is 1.59. The molecule has 1 saturated heterocycles. The number of aryl methyl sites for hydroxylation is 1. The predicted molar refractivity (Wildman–Crippen MR) is 107 cm³/mol. The lowest BCUT2D eigenvalue weighted by Crippen LogP contribution is -2.52. The van der Waals surface area contributed by atoms with Crippen LogP contribution in [0.4, 0.5) is 4.79 Å². The molecule has 2 atom stereocenters. The summed E-state index contributed by atoms with van der Waals surface area (Å²) >= 11 is 0. The zero-order chi connectivity index (χ0) is 21.8. The molecule has 4 amide bonds. The molecule has 2 N–H and O–H groups in total. The number of nitrogens with one attached hydrogen (secondary N) is 2. The van der Waals surface area contributed by atoms with Crippen molar-refractivity contribution >= 4 is 17.8 Å². The van der Waals surface area contributed by atoms with E-state index in [1.807, 2.05) is 38.1 Å². The van der Waals surface area contributed by atoms with Gasteiger partial charge in [-0.2, -0.15) is 5.26 Å². The fraction of sp³-hybridized carbons (Fsp3) is 0.524. The molecule has 2 rings (SSSR count). The molecule has 8 heteroatoms. The molecular weight excluding hydrogens is 372 g/mol. The van der Waals surface area contributed by atoms with Gasteiger partial charge in [0, 0.05) is 0 Å². The molecule has 29 heavy (non-hydrogen) atoms. The fourth-order valence-electron chi connectivity index (χ4n) is 3.02. The van der Waals surface area contributed by atoms with Crippen molar-refractivity contribution in [2.24, 2.45) is 5.92 Å². The number of carbonyl (C=O) groups excluding carboxylic acids is 3. The van der Waals surface area contributed by atoms with Crippen LogP contribution in [0, 0.1) is 17.2 Å². The van der Waals surface area contributed by atoms with Crippen LogP contribution in [0.2, 0.25) is 0 Å². The van der Waals surface area contributed by atoms with Gasteiger partial charge in [-0.3, -0.25) is 14.5 Å². The third-order valence-corrected chi connectivity index (χ3v) is 5.51. The Kier molecular flexibility index (Phi) is 6.52. The second-order valence-electron chi connectivity index (χ2n) is 8.02. The van der Waals surface area contributed by atoms with Gasteiger partial charge in [-0.1, -0.05) is 26.0 Å². The van der Waals surface area contributed by atoms with Crippen LogP contribution >= 0.6 is 0 Å². The molecule has 0 unspecified atom stereocenters. The first-order chi connectivity index (χ1) is 13.5. The summed E-state index contributed by atoms with van der Waals surface area (Å²) in [5.74, 6) is -0.387. The Hall–Kier alpha value is -3.08. The maximum absolute atomic E-state index is 12.8. The zero-order valence-corrected chi connectivity index (χ0v) is 17.5. The highest BCUT2D eigenvalue weighted by atomic mass is 16.5. The summed E-state index contributed by atoms with van der Waals surface area (Å²) in [5.41, 5.74) is -1.16. The molecule has 1 aliphatic rings. The molecule has 0 aliphatic carbocycles. The maximum Gasteiger partial charge on any atom is 0.325 e. The number of nitriles is 1. The standard InChI is InChI=1S/C21H28N4O4/c1-14(2)21(4,13-22)23-17(26)12-25-18(27)20(3,24-19(25)28)11-10-15-6-8-16(29-5)9-7-15/h6-9,14H,10-12H2,1-5H3,(H,23,26)(H,24,28)/t20-,21+/m0/s1. The van der Waals surface area contributed by atoms with E-state index in [4.69, 9.17) is 4.74 Å². The van der Waals surface area contributed by atoms with E-state index in [1.165, 1.54) is 0 Å². The maximum atomic E-state index is 12.8. The molecule has 1 aromatic rings. The summed E-state index contributed by atoms with van der Waals surface area (Å²) in [6.45, 7) is 6.47. The lowest BCUT2D eigenvalue weighted by Gasteiger charge is -2.28. The largest absolute Gasteiger partial charge is 0.497 e. The number of imide groups is 1. The van der Waals surface area contributed by atoms with Crippen LogP contribution < -0.4 is 15.4 Å². The highest BCUT2D eigenvalue weighted by Crippen LogP contribution is 2.24.